The van der Waals surface area contributed by atoms with Crippen LogP contribution in [-0.4, -0.2) is 39.7 Å². The normalized spacial score (nSPS) is 15.3. The second kappa shape index (κ2) is 8.99. The van der Waals surface area contributed by atoms with E-state index in [4.69, 9.17) is 16.3 Å². The molecule has 3 aromatic rings. The second-order valence-corrected chi connectivity index (χ2v) is 8.29. The van der Waals surface area contributed by atoms with Crippen molar-refractivity contribution in [2.45, 2.75) is 13.5 Å². The number of nitrogens with zero attached hydrogens (tertiary/aromatic N) is 2. The first-order valence-electron chi connectivity index (χ1n) is 9.70. The smallest absolute Gasteiger partial charge is 0.326 e. The van der Waals surface area contributed by atoms with E-state index >= 15 is 0 Å². The van der Waals surface area contributed by atoms with Crippen molar-refractivity contribution in [2.24, 2.45) is 0 Å². The number of halogens is 1. The number of thioether (sulfide) groups is 1. The summed E-state index contributed by atoms with van der Waals surface area (Å²) in [6, 6.07) is 15.5. The molecule has 0 saturated carbocycles. The molecule has 1 fully saturated rings. The van der Waals surface area contributed by atoms with E-state index in [9.17, 15) is 14.4 Å². The third-order valence-corrected chi connectivity index (χ3v) is 6.15. The predicted octanol–water partition coefficient (Wildman–Crippen LogP) is 4.94. The van der Waals surface area contributed by atoms with Gasteiger partial charge in [-0.05, 0) is 42.5 Å². The Morgan fingerprint density at radius 1 is 1.13 bits per heavy atom. The van der Waals surface area contributed by atoms with Crippen molar-refractivity contribution in [1.82, 2.24) is 9.47 Å². The van der Waals surface area contributed by atoms with Crippen LogP contribution in [0.15, 0.2) is 59.6 Å². The molecule has 0 unspecified atom stereocenters. The molecule has 2 heterocycles. The lowest BCUT2D eigenvalue weighted by atomic mass is 10.1. The van der Waals surface area contributed by atoms with Gasteiger partial charge in [0.2, 0.25) is 0 Å². The molecule has 1 aliphatic rings. The van der Waals surface area contributed by atoms with Gasteiger partial charge in [-0.3, -0.25) is 19.3 Å². The first-order chi connectivity index (χ1) is 15.0. The van der Waals surface area contributed by atoms with E-state index in [2.05, 4.69) is 4.57 Å². The SMILES string of the molecule is CCOC(=O)CN1C(=O)S/C(=C\c2cn(Cc3ccccc3Cl)c3ccccc23)C1=O. The highest BCUT2D eigenvalue weighted by atomic mass is 35.5. The number of hydrogen-bond acceptors (Lipinski definition) is 5. The molecule has 0 atom stereocenters. The fraction of sp³-hybridized carbons (Fsp3) is 0.174. The summed E-state index contributed by atoms with van der Waals surface area (Å²) in [5, 5.41) is 1.15. The highest BCUT2D eigenvalue weighted by molar-refractivity contribution is 8.18. The Morgan fingerprint density at radius 3 is 2.65 bits per heavy atom. The summed E-state index contributed by atoms with van der Waals surface area (Å²) in [6.07, 6.45) is 3.63. The van der Waals surface area contributed by atoms with E-state index in [0.717, 1.165) is 38.7 Å². The lowest BCUT2D eigenvalue weighted by Gasteiger charge is -2.10. The Hall–Kier alpha value is -3.03. The molecule has 158 valence electrons. The molecule has 4 rings (SSSR count). The Balaban J connectivity index is 1.67. The van der Waals surface area contributed by atoms with E-state index in [1.807, 2.05) is 54.7 Å². The maximum absolute atomic E-state index is 12.7. The molecule has 0 aliphatic carbocycles. The fourth-order valence-electron chi connectivity index (χ4n) is 3.44. The van der Waals surface area contributed by atoms with Gasteiger partial charge < -0.3 is 9.30 Å². The molecule has 1 aliphatic heterocycles. The lowest BCUT2D eigenvalue weighted by Crippen LogP contribution is -2.34. The van der Waals surface area contributed by atoms with Gasteiger partial charge in [-0.25, -0.2) is 0 Å². The van der Waals surface area contributed by atoms with Crippen molar-refractivity contribution in [2.75, 3.05) is 13.2 Å². The average Bonchev–Trinajstić information content (AvgIpc) is 3.22. The van der Waals surface area contributed by atoms with Crippen molar-refractivity contribution in [3.8, 4) is 0 Å². The molecule has 0 N–H and O–H groups in total. The van der Waals surface area contributed by atoms with Gasteiger partial charge in [0, 0.05) is 34.2 Å². The third-order valence-electron chi connectivity index (χ3n) is 4.87. The van der Waals surface area contributed by atoms with Crippen molar-refractivity contribution in [3.63, 3.8) is 0 Å². The van der Waals surface area contributed by atoms with Gasteiger partial charge in [0.05, 0.1) is 11.5 Å². The van der Waals surface area contributed by atoms with Gasteiger partial charge >= 0.3 is 5.97 Å². The number of esters is 1. The zero-order valence-corrected chi connectivity index (χ0v) is 18.3. The summed E-state index contributed by atoms with van der Waals surface area (Å²) in [5.41, 5.74) is 2.77. The highest BCUT2D eigenvalue weighted by Crippen LogP contribution is 2.34. The number of ether oxygens (including phenoxy) is 1. The molecular weight excluding hydrogens is 436 g/mol. The lowest BCUT2D eigenvalue weighted by molar-refractivity contribution is -0.145. The number of fused-ring (bicyclic) bond motifs is 1. The van der Waals surface area contributed by atoms with Gasteiger partial charge in [0.1, 0.15) is 6.54 Å². The van der Waals surface area contributed by atoms with Crippen LogP contribution in [0, 0.1) is 0 Å². The van der Waals surface area contributed by atoms with Crippen molar-refractivity contribution >= 4 is 57.5 Å². The Kier molecular flexibility index (Phi) is 6.15. The number of imide groups is 1. The summed E-state index contributed by atoms with van der Waals surface area (Å²) in [5.74, 6) is -1.10. The molecule has 8 heteroatoms. The van der Waals surface area contributed by atoms with E-state index in [1.165, 1.54) is 0 Å². The van der Waals surface area contributed by atoms with Gasteiger partial charge in [0.15, 0.2) is 0 Å². The molecule has 1 aromatic heterocycles. The topological polar surface area (TPSA) is 68.6 Å². The van der Waals surface area contributed by atoms with Crippen LogP contribution in [0.3, 0.4) is 0 Å². The first-order valence-corrected chi connectivity index (χ1v) is 10.9. The maximum atomic E-state index is 12.7. The summed E-state index contributed by atoms with van der Waals surface area (Å²) >= 11 is 7.15. The van der Waals surface area contributed by atoms with Crippen molar-refractivity contribution in [1.29, 1.82) is 0 Å². The van der Waals surface area contributed by atoms with Crippen LogP contribution in [0.4, 0.5) is 4.79 Å². The van der Waals surface area contributed by atoms with Crippen LogP contribution >= 0.6 is 23.4 Å². The van der Waals surface area contributed by atoms with E-state index in [1.54, 1.807) is 13.0 Å². The second-order valence-electron chi connectivity index (χ2n) is 6.89. The molecule has 2 aromatic carbocycles. The largest absolute Gasteiger partial charge is 0.465 e. The van der Waals surface area contributed by atoms with Crippen LogP contribution in [0.5, 0.6) is 0 Å². The number of carbonyl (C=O) groups excluding carboxylic acids is 3. The molecule has 0 bridgehead atoms. The Bertz CT molecular complexity index is 1220. The van der Waals surface area contributed by atoms with Crippen molar-refractivity contribution in [3.05, 3.63) is 75.8 Å². The number of aromatic nitrogens is 1. The number of para-hydroxylation sites is 1. The van der Waals surface area contributed by atoms with Crippen LogP contribution < -0.4 is 0 Å². The number of rotatable bonds is 6. The molecular formula is C23H19ClN2O4S. The van der Waals surface area contributed by atoms with Gasteiger partial charge in [-0.2, -0.15) is 0 Å². The first kappa shape index (κ1) is 21.2. The molecule has 6 nitrogen and oxygen atoms in total. The summed E-state index contributed by atoms with van der Waals surface area (Å²) in [7, 11) is 0. The van der Waals surface area contributed by atoms with Gasteiger partial charge in [0.25, 0.3) is 11.1 Å². The number of benzene rings is 2. The third kappa shape index (κ3) is 4.38. The summed E-state index contributed by atoms with van der Waals surface area (Å²) < 4.78 is 6.91. The van der Waals surface area contributed by atoms with Crippen LogP contribution in [0.2, 0.25) is 5.02 Å². The van der Waals surface area contributed by atoms with Crippen LogP contribution in [-0.2, 0) is 20.9 Å². The van der Waals surface area contributed by atoms with E-state index in [-0.39, 0.29) is 18.1 Å². The molecule has 1 saturated heterocycles. The number of amides is 2. The predicted molar refractivity (Wildman–Crippen MR) is 122 cm³/mol. The highest BCUT2D eigenvalue weighted by Gasteiger charge is 2.36. The van der Waals surface area contributed by atoms with E-state index < -0.39 is 17.1 Å². The van der Waals surface area contributed by atoms with Crippen molar-refractivity contribution < 1.29 is 19.1 Å². The summed E-state index contributed by atoms with van der Waals surface area (Å²) in [6.45, 7) is 2.04. The number of hydrogen-bond donors (Lipinski definition) is 0. The minimum absolute atomic E-state index is 0.190. The average molecular weight is 455 g/mol. The maximum Gasteiger partial charge on any atom is 0.326 e. The minimum Gasteiger partial charge on any atom is -0.465 e. The fourth-order valence-corrected chi connectivity index (χ4v) is 4.47. The summed E-state index contributed by atoms with van der Waals surface area (Å²) in [4.78, 5) is 37.9. The monoisotopic (exact) mass is 454 g/mol. The molecule has 2 amide bonds. The standard InChI is InChI=1S/C23H19ClN2O4S/c1-2-30-21(27)14-26-22(28)20(31-23(26)29)11-16-13-25(19-10-6-4-8-17(16)19)12-15-7-3-5-9-18(15)24/h3-11,13H,2,12,14H2,1H3/b20-11-. The van der Waals surface area contributed by atoms with Gasteiger partial charge in [-0.1, -0.05) is 48.0 Å². The minimum atomic E-state index is -0.609. The zero-order valence-electron chi connectivity index (χ0n) is 16.7. The van der Waals surface area contributed by atoms with Crippen LogP contribution in [0.1, 0.15) is 18.1 Å². The Labute approximate surface area is 188 Å². The Morgan fingerprint density at radius 2 is 1.87 bits per heavy atom. The van der Waals surface area contributed by atoms with Gasteiger partial charge in [-0.15, -0.1) is 0 Å². The quantitative estimate of drug-likeness (QED) is 0.389. The molecule has 0 radical (unpaired) electrons. The molecule has 31 heavy (non-hydrogen) atoms. The zero-order chi connectivity index (χ0) is 22.0. The van der Waals surface area contributed by atoms with E-state index in [0.29, 0.717) is 11.6 Å². The molecule has 0 spiro atoms. The van der Waals surface area contributed by atoms with Crippen LogP contribution in [0.25, 0.3) is 17.0 Å². The number of carbonyl (C=O) groups is 3.